The molecule has 1 aliphatic rings. The van der Waals surface area contributed by atoms with Crippen molar-refractivity contribution in [1.29, 1.82) is 0 Å². The van der Waals surface area contributed by atoms with Gasteiger partial charge in [0.15, 0.2) is 0 Å². The Kier molecular flexibility index (Phi) is 5.61. The van der Waals surface area contributed by atoms with Crippen molar-refractivity contribution >= 4 is 6.08 Å². The third kappa shape index (κ3) is 4.84. The molecule has 1 aromatic carbocycles. The van der Waals surface area contributed by atoms with Gasteiger partial charge in [0.05, 0.1) is 12.7 Å². The zero-order valence-corrected chi connectivity index (χ0v) is 15.1. The highest BCUT2D eigenvalue weighted by Gasteiger charge is 2.19. The Hall–Kier alpha value is -2.90. The lowest BCUT2D eigenvalue weighted by atomic mass is 10.2. The molecule has 138 valence electrons. The maximum Gasteiger partial charge on any atom is 0.241 e. The van der Waals surface area contributed by atoms with E-state index in [0.29, 0.717) is 24.0 Å². The summed E-state index contributed by atoms with van der Waals surface area (Å²) in [6.07, 6.45) is 9.29. The van der Waals surface area contributed by atoms with E-state index in [1.807, 2.05) is 6.07 Å². The summed E-state index contributed by atoms with van der Waals surface area (Å²) in [4.78, 5) is 17.4. The van der Waals surface area contributed by atoms with E-state index in [1.165, 1.54) is 5.56 Å². The Labute approximate surface area is 158 Å². The van der Waals surface area contributed by atoms with Crippen LogP contribution in [0.3, 0.4) is 0 Å². The molecule has 0 saturated carbocycles. The molecule has 4 rings (SSSR count). The van der Waals surface area contributed by atoms with Gasteiger partial charge in [-0.15, -0.1) is 0 Å². The maximum atomic E-state index is 5.37. The molecule has 0 atom stereocenters. The third-order valence-electron chi connectivity index (χ3n) is 4.56. The van der Waals surface area contributed by atoms with Gasteiger partial charge in [-0.1, -0.05) is 47.6 Å². The molecule has 1 fully saturated rings. The van der Waals surface area contributed by atoms with Crippen molar-refractivity contribution in [2.45, 2.75) is 6.54 Å². The minimum Gasteiger partial charge on any atom is -0.337 e. The first kappa shape index (κ1) is 17.5. The largest absolute Gasteiger partial charge is 0.337 e. The molecule has 0 bridgehead atoms. The van der Waals surface area contributed by atoms with Gasteiger partial charge in [0, 0.05) is 45.1 Å². The molecular weight excluding hydrogens is 340 g/mol. The zero-order chi connectivity index (χ0) is 18.3. The molecule has 0 unspecified atom stereocenters. The van der Waals surface area contributed by atoms with E-state index >= 15 is 0 Å². The Balaban J connectivity index is 1.24. The zero-order valence-electron chi connectivity index (χ0n) is 15.1. The summed E-state index contributed by atoms with van der Waals surface area (Å²) < 4.78 is 5.37. The van der Waals surface area contributed by atoms with E-state index in [1.54, 1.807) is 18.6 Å². The van der Waals surface area contributed by atoms with Crippen LogP contribution in [0.15, 0.2) is 59.5 Å². The molecule has 1 saturated heterocycles. The highest BCUT2D eigenvalue weighted by Crippen LogP contribution is 2.13. The number of piperazine rings is 1. The molecule has 7 nitrogen and oxygen atoms in total. The van der Waals surface area contributed by atoms with Gasteiger partial charge in [0.25, 0.3) is 0 Å². The van der Waals surface area contributed by atoms with Crippen molar-refractivity contribution in [2.75, 3.05) is 32.7 Å². The first-order chi connectivity index (χ1) is 13.4. The summed E-state index contributed by atoms with van der Waals surface area (Å²) in [7, 11) is 0. The minimum atomic E-state index is 0.489. The van der Waals surface area contributed by atoms with Crippen LogP contribution in [0.4, 0.5) is 0 Å². The van der Waals surface area contributed by atoms with Crippen molar-refractivity contribution in [1.82, 2.24) is 29.9 Å². The lowest BCUT2D eigenvalue weighted by Gasteiger charge is -2.33. The Morgan fingerprint density at radius 3 is 2.59 bits per heavy atom. The molecule has 27 heavy (non-hydrogen) atoms. The van der Waals surface area contributed by atoms with E-state index in [9.17, 15) is 0 Å². The number of nitrogens with zero attached hydrogens (tertiary/aromatic N) is 6. The van der Waals surface area contributed by atoms with E-state index in [2.05, 4.69) is 66.3 Å². The first-order valence-corrected chi connectivity index (χ1v) is 9.12. The summed E-state index contributed by atoms with van der Waals surface area (Å²) in [5.74, 6) is 1.11. The van der Waals surface area contributed by atoms with Crippen LogP contribution < -0.4 is 0 Å². The molecule has 0 aliphatic carbocycles. The molecule has 3 heterocycles. The fraction of sp³-hybridized carbons (Fsp3) is 0.300. The van der Waals surface area contributed by atoms with Gasteiger partial charge < -0.3 is 4.52 Å². The Morgan fingerprint density at radius 1 is 1.00 bits per heavy atom. The summed E-state index contributed by atoms with van der Waals surface area (Å²) in [5, 5.41) is 4.00. The van der Waals surface area contributed by atoms with Gasteiger partial charge in [-0.25, -0.2) is 4.98 Å². The van der Waals surface area contributed by atoms with E-state index < -0.39 is 0 Å². The summed E-state index contributed by atoms with van der Waals surface area (Å²) in [5.41, 5.74) is 1.87. The summed E-state index contributed by atoms with van der Waals surface area (Å²) in [6, 6.07) is 10.4. The third-order valence-corrected chi connectivity index (χ3v) is 4.56. The number of hydrogen-bond donors (Lipinski definition) is 0. The molecule has 0 spiro atoms. The lowest BCUT2D eigenvalue weighted by molar-refractivity contribution is 0.125. The van der Waals surface area contributed by atoms with Crippen LogP contribution in [0.5, 0.6) is 0 Å². The monoisotopic (exact) mass is 362 g/mol. The van der Waals surface area contributed by atoms with Crippen molar-refractivity contribution in [3.63, 3.8) is 0 Å². The first-order valence-electron chi connectivity index (χ1n) is 9.12. The molecule has 0 amide bonds. The Bertz CT molecular complexity index is 856. The average Bonchev–Trinajstić information content (AvgIpc) is 3.19. The average molecular weight is 362 g/mol. The lowest BCUT2D eigenvalue weighted by Crippen LogP contribution is -2.45. The van der Waals surface area contributed by atoms with E-state index in [0.717, 1.165) is 32.7 Å². The molecule has 3 aromatic rings. The molecule has 0 radical (unpaired) electrons. The normalized spacial score (nSPS) is 16.1. The van der Waals surface area contributed by atoms with Crippen molar-refractivity contribution in [2.24, 2.45) is 0 Å². The maximum absolute atomic E-state index is 5.37. The fourth-order valence-electron chi connectivity index (χ4n) is 3.06. The fourth-order valence-corrected chi connectivity index (χ4v) is 3.06. The highest BCUT2D eigenvalue weighted by molar-refractivity contribution is 5.48. The predicted molar refractivity (Wildman–Crippen MR) is 103 cm³/mol. The van der Waals surface area contributed by atoms with Crippen LogP contribution >= 0.6 is 0 Å². The number of aromatic nitrogens is 4. The van der Waals surface area contributed by atoms with Crippen molar-refractivity contribution < 1.29 is 4.52 Å². The standard InChI is InChI=1S/C20H22N6O/c1-2-5-17(6-3-1)7-4-10-25-11-13-26(14-12-25)16-19-23-20(24-27-19)18-15-21-8-9-22-18/h1-9,15H,10-14,16H2/b7-4+. The van der Waals surface area contributed by atoms with Crippen LogP contribution in [-0.2, 0) is 6.54 Å². The van der Waals surface area contributed by atoms with Crippen molar-refractivity contribution in [3.8, 4) is 11.5 Å². The summed E-state index contributed by atoms with van der Waals surface area (Å²) in [6.45, 7) is 5.68. The SMILES string of the molecule is C(=C\c1ccccc1)/CN1CCN(Cc2nc(-c3cnccn3)no2)CC1. The predicted octanol–water partition coefficient (Wildman–Crippen LogP) is 2.36. The number of hydrogen-bond acceptors (Lipinski definition) is 7. The van der Waals surface area contributed by atoms with Crippen LogP contribution in [0, 0.1) is 0 Å². The molecule has 1 aliphatic heterocycles. The summed E-state index contributed by atoms with van der Waals surface area (Å²) >= 11 is 0. The second kappa shape index (κ2) is 8.66. The van der Waals surface area contributed by atoms with Gasteiger partial charge >= 0.3 is 0 Å². The van der Waals surface area contributed by atoms with Gasteiger partial charge in [0.2, 0.25) is 11.7 Å². The van der Waals surface area contributed by atoms with E-state index in [4.69, 9.17) is 4.52 Å². The van der Waals surface area contributed by atoms with Gasteiger partial charge in [-0.3, -0.25) is 14.8 Å². The number of benzene rings is 1. The second-order valence-corrected chi connectivity index (χ2v) is 6.49. The van der Waals surface area contributed by atoms with Crippen LogP contribution in [0.1, 0.15) is 11.5 Å². The smallest absolute Gasteiger partial charge is 0.241 e. The molecule has 0 N–H and O–H groups in total. The van der Waals surface area contributed by atoms with Crippen LogP contribution in [-0.4, -0.2) is 62.6 Å². The molecular formula is C20H22N6O. The van der Waals surface area contributed by atoms with Crippen LogP contribution in [0.2, 0.25) is 0 Å². The number of rotatable bonds is 6. The van der Waals surface area contributed by atoms with E-state index in [-0.39, 0.29) is 0 Å². The minimum absolute atomic E-state index is 0.489. The van der Waals surface area contributed by atoms with Crippen molar-refractivity contribution in [3.05, 3.63) is 66.5 Å². The topological polar surface area (TPSA) is 71.2 Å². The molecule has 7 heteroatoms. The second-order valence-electron chi connectivity index (χ2n) is 6.49. The van der Waals surface area contributed by atoms with Gasteiger partial charge in [-0.05, 0) is 5.56 Å². The van der Waals surface area contributed by atoms with Gasteiger partial charge in [-0.2, -0.15) is 4.98 Å². The molecule has 2 aromatic heterocycles. The highest BCUT2D eigenvalue weighted by atomic mass is 16.5. The quantitative estimate of drug-likeness (QED) is 0.666. The van der Waals surface area contributed by atoms with Crippen LogP contribution in [0.25, 0.3) is 17.6 Å². The van der Waals surface area contributed by atoms with Gasteiger partial charge in [0.1, 0.15) is 5.69 Å². The Morgan fingerprint density at radius 2 is 1.81 bits per heavy atom.